The van der Waals surface area contributed by atoms with E-state index in [1.165, 1.54) is 0 Å². The third-order valence-corrected chi connectivity index (χ3v) is 3.93. The number of aromatic nitrogens is 2. The third-order valence-electron chi connectivity index (χ3n) is 2.61. The van der Waals surface area contributed by atoms with Crippen molar-refractivity contribution in [1.29, 1.82) is 0 Å². The van der Waals surface area contributed by atoms with Crippen LogP contribution in [-0.2, 0) is 6.42 Å². The molecule has 0 atom stereocenters. The Balaban J connectivity index is 2.66. The normalized spacial score (nSPS) is 11.3. The van der Waals surface area contributed by atoms with Crippen LogP contribution in [0.15, 0.2) is 0 Å². The Morgan fingerprint density at radius 2 is 2.22 bits per heavy atom. The first kappa shape index (κ1) is 15.0. The van der Waals surface area contributed by atoms with Gasteiger partial charge in [-0.3, -0.25) is 4.79 Å². The van der Waals surface area contributed by atoms with Crippen LogP contribution in [0, 0.1) is 5.41 Å². The van der Waals surface area contributed by atoms with Crippen molar-refractivity contribution in [3.05, 3.63) is 10.6 Å². The van der Waals surface area contributed by atoms with Gasteiger partial charge in [-0.15, -0.1) is 5.10 Å². The summed E-state index contributed by atoms with van der Waals surface area (Å²) in [5, 5.41) is 6.79. The summed E-state index contributed by atoms with van der Waals surface area (Å²) >= 11 is 6.07. The van der Waals surface area contributed by atoms with Crippen LogP contribution in [0.1, 0.15) is 42.6 Å². The van der Waals surface area contributed by atoms with E-state index in [1.807, 2.05) is 20.8 Å². The molecule has 1 rings (SSSR count). The minimum atomic E-state index is -0.395. The van der Waals surface area contributed by atoms with E-state index in [-0.39, 0.29) is 5.91 Å². The van der Waals surface area contributed by atoms with Gasteiger partial charge in [0.25, 0.3) is 5.91 Å². The molecule has 7 heteroatoms. The molecular weight excluding hydrogens is 268 g/mol. The summed E-state index contributed by atoms with van der Waals surface area (Å²) in [6.07, 6.45) is 1.70. The van der Waals surface area contributed by atoms with E-state index in [1.54, 1.807) is 0 Å². The van der Waals surface area contributed by atoms with Crippen LogP contribution >= 0.6 is 23.8 Å². The van der Waals surface area contributed by atoms with E-state index in [2.05, 4.69) is 14.9 Å². The van der Waals surface area contributed by atoms with Crippen LogP contribution in [0.3, 0.4) is 0 Å². The lowest BCUT2D eigenvalue weighted by Crippen LogP contribution is -2.41. The number of nitrogens with two attached hydrogens (primary N) is 1. The quantitative estimate of drug-likeness (QED) is 0.775. The van der Waals surface area contributed by atoms with Crippen LogP contribution in [0.4, 0.5) is 0 Å². The predicted molar refractivity (Wildman–Crippen MR) is 76.8 cm³/mol. The van der Waals surface area contributed by atoms with Gasteiger partial charge in [-0.2, -0.15) is 0 Å². The first-order chi connectivity index (χ1) is 8.38. The lowest BCUT2D eigenvalue weighted by Gasteiger charge is -2.23. The van der Waals surface area contributed by atoms with Crippen LogP contribution in [0.25, 0.3) is 0 Å². The number of hydrogen-bond acceptors (Lipinski definition) is 5. The zero-order valence-electron chi connectivity index (χ0n) is 10.8. The number of aryl methyl sites for hydroxylation is 1. The second kappa shape index (κ2) is 6.19. The maximum atomic E-state index is 12.0. The van der Waals surface area contributed by atoms with E-state index in [0.717, 1.165) is 30.1 Å². The Labute approximate surface area is 116 Å². The molecule has 0 bridgehead atoms. The summed E-state index contributed by atoms with van der Waals surface area (Å²) in [7, 11) is 0. The molecule has 0 saturated heterocycles. The first-order valence-corrected chi connectivity index (χ1v) is 6.96. The summed E-state index contributed by atoms with van der Waals surface area (Å²) in [6, 6.07) is 0. The van der Waals surface area contributed by atoms with Crippen molar-refractivity contribution < 1.29 is 4.79 Å². The Morgan fingerprint density at radius 3 is 2.78 bits per heavy atom. The lowest BCUT2D eigenvalue weighted by molar-refractivity contribution is 0.0948. The van der Waals surface area contributed by atoms with Crippen LogP contribution < -0.4 is 11.1 Å². The summed E-state index contributed by atoms with van der Waals surface area (Å²) < 4.78 is 3.82. The maximum Gasteiger partial charge on any atom is 0.264 e. The largest absolute Gasteiger partial charge is 0.393 e. The van der Waals surface area contributed by atoms with Crippen LogP contribution in [0.2, 0.25) is 0 Å². The SMILES string of the molecule is CCCc1nnsc1C(=O)NCC(C)(C)C(N)=S. The highest BCUT2D eigenvalue weighted by Gasteiger charge is 2.23. The molecule has 0 fully saturated rings. The van der Waals surface area contributed by atoms with Gasteiger partial charge in [0.15, 0.2) is 0 Å². The van der Waals surface area contributed by atoms with Gasteiger partial charge >= 0.3 is 0 Å². The number of nitrogens with zero attached hydrogens (tertiary/aromatic N) is 2. The molecule has 1 aromatic heterocycles. The molecule has 0 radical (unpaired) electrons. The molecule has 5 nitrogen and oxygen atoms in total. The second-order valence-corrected chi connectivity index (χ2v) is 5.92. The summed E-state index contributed by atoms with van der Waals surface area (Å²) in [5.41, 5.74) is 5.97. The molecule has 0 spiro atoms. The third kappa shape index (κ3) is 3.71. The fourth-order valence-electron chi connectivity index (χ4n) is 1.25. The summed E-state index contributed by atoms with van der Waals surface area (Å²) in [6.45, 7) is 6.24. The van der Waals surface area contributed by atoms with Crippen molar-refractivity contribution in [3.63, 3.8) is 0 Å². The van der Waals surface area contributed by atoms with Gasteiger partial charge in [-0.25, -0.2) is 0 Å². The van der Waals surface area contributed by atoms with E-state index in [9.17, 15) is 4.79 Å². The van der Waals surface area contributed by atoms with Gasteiger partial charge in [0.1, 0.15) is 4.88 Å². The number of thiocarbonyl (C=S) groups is 1. The Bertz CT molecular complexity index is 442. The van der Waals surface area contributed by atoms with Gasteiger partial charge in [0.2, 0.25) is 0 Å². The summed E-state index contributed by atoms with van der Waals surface area (Å²) in [4.78, 5) is 13.0. The lowest BCUT2D eigenvalue weighted by atomic mass is 9.93. The molecule has 1 heterocycles. The van der Waals surface area contributed by atoms with Crippen molar-refractivity contribution in [2.75, 3.05) is 6.54 Å². The molecule has 0 aromatic carbocycles. The maximum absolute atomic E-state index is 12.0. The monoisotopic (exact) mass is 286 g/mol. The number of carbonyl (C=O) groups excluding carboxylic acids is 1. The highest BCUT2D eigenvalue weighted by atomic mass is 32.1. The van der Waals surface area contributed by atoms with Crippen LogP contribution in [-0.4, -0.2) is 27.0 Å². The average Bonchev–Trinajstić information content (AvgIpc) is 2.74. The molecule has 0 aliphatic rings. The highest BCUT2D eigenvalue weighted by Crippen LogP contribution is 2.16. The number of hydrogen-bond donors (Lipinski definition) is 2. The Hall–Kier alpha value is -1.08. The predicted octanol–water partition coefficient (Wildman–Crippen LogP) is 1.53. The standard InChI is InChI=1S/C11H18N4OS2/c1-4-5-7-8(18-15-14-7)9(16)13-6-11(2,3)10(12)17/h4-6H2,1-3H3,(H2,12,17)(H,13,16). The summed E-state index contributed by atoms with van der Waals surface area (Å²) in [5.74, 6) is -0.155. The molecule has 0 saturated carbocycles. The topological polar surface area (TPSA) is 80.9 Å². The van der Waals surface area contributed by atoms with Crippen molar-refractivity contribution >= 4 is 34.6 Å². The van der Waals surface area contributed by atoms with Crippen LogP contribution in [0.5, 0.6) is 0 Å². The zero-order chi connectivity index (χ0) is 13.8. The number of carbonyl (C=O) groups is 1. The number of amides is 1. The Kier molecular flexibility index (Phi) is 5.15. The number of nitrogens with one attached hydrogen (secondary N) is 1. The molecular formula is C11H18N4OS2. The highest BCUT2D eigenvalue weighted by molar-refractivity contribution is 7.80. The molecule has 0 unspecified atom stereocenters. The van der Waals surface area contributed by atoms with Crippen molar-refractivity contribution in [2.45, 2.75) is 33.6 Å². The first-order valence-electron chi connectivity index (χ1n) is 5.77. The van der Waals surface area contributed by atoms with E-state index < -0.39 is 5.41 Å². The average molecular weight is 286 g/mol. The van der Waals surface area contributed by atoms with E-state index in [0.29, 0.717) is 16.4 Å². The number of rotatable bonds is 6. The smallest absolute Gasteiger partial charge is 0.264 e. The fraction of sp³-hybridized carbons (Fsp3) is 0.636. The van der Waals surface area contributed by atoms with Gasteiger partial charge in [0, 0.05) is 12.0 Å². The molecule has 0 aliphatic carbocycles. The van der Waals surface area contributed by atoms with Crippen molar-refractivity contribution in [1.82, 2.24) is 14.9 Å². The van der Waals surface area contributed by atoms with E-state index in [4.69, 9.17) is 18.0 Å². The zero-order valence-corrected chi connectivity index (χ0v) is 12.5. The van der Waals surface area contributed by atoms with Crippen molar-refractivity contribution in [3.8, 4) is 0 Å². The van der Waals surface area contributed by atoms with Gasteiger partial charge in [-0.1, -0.05) is 43.9 Å². The van der Waals surface area contributed by atoms with Gasteiger partial charge in [0.05, 0.1) is 10.7 Å². The molecule has 1 aromatic rings. The molecule has 1 amide bonds. The molecule has 3 N–H and O–H groups in total. The Morgan fingerprint density at radius 1 is 1.56 bits per heavy atom. The van der Waals surface area contributed by atoms with Gasteiger partial charge in [-0.05, 0) is 18.0 Å². The molecule has 100 valence electrons. The van der Waals surface area contributed by atoms with Gasteiger partial charge < -0.3 is 11.1 Å². The molecule has 0 aliphatic heterocycles. The minimum Gasteiger partial charge on any atom is -0.393 e. The fourth-order valence-corrected chi connectivity index (χ4v) is 1.95. The van der Waals surface area contributed by atoms with E-state index >= 15 is 0 Å². The van der Waals surface area contributed by atoms with Crippen molar-refractivity contribution in [2.24, 2.45) is 11.1 Å². The second-order valence-electron chi connectivity index (χ2n) is 4.73. The minimum absolute atomic E-state index is 0.155. The molecule has 18 heavy (non-hydrogen) atoms.